The van der Waals surface area contributed by atoms with E-state index in [1.54, 1.807) is 32.9 Å². The van der Waals surface area contributed by atoms with Crippen molar-refractivity contribution in [1.82, 2.24) is 21.3 Å². The van der Waals surface area contributed by atoms with Gasteiger partial charge in [0.1, 0.15) is 36.0 Å². The third kappa shape index (κ3) is 11.9. The van der Waals surface area contributed by atoms with E-state index in [-0.39, 0.29) is 24.5 Å². The van der Waals surface area contributed by atoms with Crippen molar-refractivity contribution in [2.24, 2.45) is 17.6 Å². The number of aliphatic carboxylic acids is 1. The molecule has 0 aliphatic heterocycles. The third-order valence-electron chi connectivity index (χ3n) is 6.81. The summed E-state index contributed by atoms with van der Waals surface area (Å²) in [6, 6.07) is 0.227. The zero-order chi connectivity index (χ0) is 32.0. The summed E-state index contributed by atoms with van der Waals surface area (Å²) in [5.41, 5.74) is 6.21. The van der Waals surface area contributed by atoms with Crippen LogP contribution in [-0.4, -0.2) is 93.7 Å². The number of carbonyl (C=O) groups is 5. The van der Waals surface area contributed by atoms with Crippen LogP contribution in [0.3, 0.4) is 0 Å². The monoisotopic (exact) mass is 611 g/mol. The Hall–Kier alpha value is -3.36. The minimum Gasteiger partial charge on any atom is -0.508 e. The Morgan fingerprint density at radius 2 is 1.40 bits per heavy atom. The molecule has 1 rings (SSSR count). The molecule has 0 aliphatic rings. The molecule has 6 atom stereocenters. The Bertz CT molecular complexity index is 1060. The Morgan fingerprint density at radius 3 is 1.90 bits per heavy atom. The van der Waals surface area contributed by atoms with Crippen molar-refractivity contribution in [3.8, 4) is 5.75 Å². The van der Waals surface area contributed by atoms with Gasteiger partial charge in [0.2, 0.25) is 23.6 Å². The average Bonchev–Trinajstić information content (AvgIpc) is 2.95. The highest BCUT2D eigenvalue weighted by Gasteiger charge is 2.34. The Morgan fingerprint density at radius 1 is 0.857 bits per heavy atom. The minimum absolute atomic E-state index is 0.00657. The van der Waals surface area contributed by atoms with Crippen molar-refractivity contribution in [1.29, 1.82) is 0 Å². The molecule has 0 bridgehead atoms. The van der Waals surface area contributed by atoms with E-state index in [0.29, 0.717) is 17.7 Å². The van der Waals surface area contributed by atoms with Crippen LogP contribution < -0.4 is 27.0 Å². The van der Waals surface area contributed by atoms with Gasteiger partial charge in [-0.15, -0.1) is 0 Å². The van der Waals surface area contributed by atoms with Gasteiger partial charge in [0.25, 0.3) is 0 Å². The predicted molar refractivity (Wildman–Crippen MR) is 160 cm³/mol. The quantitative estimate of drug-likeness (QED) is 0.109. The highest BCUT2D eigenvalue weighted by molar-refractivity contribution is 7.98. The van der Waals surface area contributed by atoms with Gasteiger partial charge in [-0.2, -0.15) is 11.8 Å². The first kappa shape index (κ1) is 36.7. The molecular weight excluding hydrogens is 566 g/mol. The lowest BCUT2D eigenvalue weighted by Gasteiger charge is -2.28. The molecule has 13 nitrogen and oxygen atoms in total. The number of amides is 4. The molecule has 9 N–H and O–H groups in total. The van der Waals surface area contributed by atoms with Crippen molar-refractivity contribution in [3.05, 3.63) is 29.8 Å². The Kier molecular flexibility index (Phi) is 15.9. The molecule has 236 valence electrons. The molecule has 4 amide bonds. The Labute approximate surface area is 250 Å². The van der Waals surface area contributed by atoms with Gasteiger partial charge >= 0.3 is 5.97 Å². The summed E-state index contributed by atoms with van der Waals surface area (Å²) < 4.78 is 0. The minimum atomic E-state index is -1.27. The molecule has 0 unspecified atom stereocenters. The summed E-state index contributed by atoms with van der Waals surface area (Å²) in [6.07, 6.45) is 2.57. The third-order valence-corrected chi connectivity index (χ3v) is 7.45. The molecule has 0 spiro atoms. The molecule has 42 heavy (non-hydrogen) atoms. The number of nitrogens with two attached hydrogens (primary N) is 1. The maximum absolute atomic E-state index is 13.4. The number of aliphatic hydroxyl groups is 1. The van der Waals surface area contributed by atoms with Gasteiger partial charge in [0.05, 0.1) is 6.61 Å². The number of carbonyl (C=O) groups excluding carboxylic acids is 4. The number of benzene rings is 1. The number of thioether (sulfide) groups is 1. The van der Waals surface area contributed by atoms with E-state index in [1.165, 1.54) is 23.9 Å². The molecule has 0 heterocycles. The average molecular weight is 612 g/mol. The van der Waals surface area contributed by atoms with Crippen LogP contribution in [0.2, 0.25) is 0 Å². The molecular formula is C28H45N5O8S. The van der Waals surface area contributed by atoms with Crippen LogP contribution in [0.15, 0.2) is 24.3 Å². The van der Waals surface area contributed by atoms with Crippen LogP contribution in [0.1, 0.15) is 46.1 Å². The molecule has 0 radical (unpaired) electrons. The number of aromatic hydroxyl groups is 1. The van der Waals surface area contributed by atoms with Gasteiger partial charge in [-0.1, -0.05) is 46.2 Å². The number of carboxylic acid groups (broad SMARTS) is 1. The molecule has 14 heteroatoms. The second-order valence-electron chi connectivity index (χ2n) is 10.5. The molecule has 0 saturated heterocycles. The highest BCUT2D eigenvalue weighted by atomic mass is 32.2. The van der Waals surface area contributed by atoms with Crippen LogP contribution in [-0.2, 0) is 30.4 Å². The summed E-state index contributed by atoms with van der Waals surface area (Å²) in [5.74, 6) is -4.21. The first-order chi connectivity index (χ1) is 19.7. The van der Waals surface area contributed by atoms with Crippen LogP contribution in [0.4, 0.5) is 0 Å². The van der Waals surface area contributed by atoms with Gasteiger partial charge in [-0.3, -0.25) is 19.2 Å². The molecule has 0 saturated carbocycles. The summed E-state index contributed by atoms with van der Waals surface area (Å²) in [7, 11) is 0. The van der Waals surface area contributed by atoms with Crippen LogP contribution in [0, 0.1) is 11.8 Å². The van der Waals surface area contributed by atoms with Crippen LogP contribution in [0.5, 0.6) is 5.75 Å². The summed E-state index contributed by atoms with van der Waals surface area (Å²) >= 11 is 1.45. The van der Waals surface area contributed by atoms with E-state index in [2.05, 4.69) is 21.3 Å². The van der Waals surface area contributed by atoms with Crippen molar-refractivity contribution < 1.29 is 39.3 Å². The van der Waals surface area contributed by atoms with Crippen LogP contribution >= 0.6 is 11.8 Å². The number of carboxylic acids is 1. The number of hydrogen-bond acceptors (Lipinski definition) is 9. The smallest absolute Gasteiger partial charge is 0.326 e. The zero-order valence-corrected chi connectivity index (χ0v) is 25.6. The standard InChI is InChI=1S/C28H45N5O8S/c1-6-16(4)23(28(40)41)33-25(37)20(11-12-42-5)30-27(39)22(15(2)3)32-26(38)21(31-24(36)19(29)14-34)13-17-7-9-18(35)10-8-17/h7-10,15-16,19-23,34-35H,6,11-14,29H2,1-5H3,(H,30,39)(H,31,36)(H,32,38)(H,33,37)(H,40,41)/t16-,19-,20-,21-,22-,23-/m0/s1. The summed E-state index contributed by atoms with van der Waals surface area (Å²) in [6.45, 7) is 6.26. The maximum atomic E-state index is 13.4. The lowest BCUT2D eigenvalue weighted by atomic mass is 9.98. The van der Waals surface area contributed by atoms with E-state index in [4.69, 9.17) is 5.73 Å². The maximum Gasteiger partial charge on any atom is 0.326 e. The second-order valence-corrected chi connectivity index (χ2v) is 11.5. The largest absolute Gasteiger partial charge is 0.508 e. The highest BCUT2D eigenvalue weighted by Crippen LogP contribution is 2.13. The van der Waals surface area contributed by atoms with Gasteiger partial charge < -0.3 is 42.3 Å². The predicted octanol–water partition coefficient (Wildman–Crippen LogP) is -0.267. The van der Waals surface area contributed by atoms with Gasteiger partial charge in [0, 0.05) is 6.42 Å². The summed E-state index contributed by atoms with van der Waals surface area (Å²) in [4.78, 5) is 64.1. The second kappa shape index (κ2) is 18.2. The number of phenols is 1. The fraction of sp³-hybridized carbons (Fsp3) is 0.607. The van der Waals surface area contributed by atoms with Gasteiger partial charge in [-0.25, -0.2) is 4.79 Å². The number of hydrogen-bond donors (Lipinski definition) is 8. The zero-order valence-electron chi connectivity index (χ0n) is 24.8. The molecule has 0 aliphatic carbocycles. The first-order valence-corrected chi connectivity index (χ1v) is 15.2. The van der Waals surface area contributed by atoms with Crippen molar-refractivity contribution in [2.75, 3.05) is 18.6 Å². The molecule has 1 aromatic rings. The SMILES string of the molecule is CC[C@H](C)[C@H](NC(=O)[C@H](CCSC)NC(=O)[C@@H](NC(=O)[C@H](Cc1ccc(O)cc1)NC(=O)[C@@H](N)CO)C(C)C)C(=O)O. The van der Waals surface area contributed by atoms with Gasteiger partial charge in [-0.05, 0) is 48.0 Å². The fourth-order valence-corrected chi connectivity index (χ4v) is 4.40. The molecule has 1 aromatic carbocycles. The Balaban J connectivity index is 3.17. The van der Waals surface area contributed by atoms with Crippen LogP contribution in [0.25, 0.3) is 0 Å². The molecule has 0 aromatic heterocycles. The van der Waals surface area contributed by atoms with E-state index in [0.717, 1.165) is 0 Å². The number of nitrogens with one attached hydrogen (secondary N) is 4. The summed E-state index contributed by atoms with van der Waals surface area (Å²) in [5, 5.41) is 38.8. The number of aliphatic hydroxyl groups excluding tert-OH is 1. The first-order valence-electron chi connectivity index (χ1n) is 13.8. The van der Waals surface area contributed by atoms with E-state index in [1.807, 2.05) is 13.2 Å². The van der Waals surface area contributed by atoms with E-state index < -0.39 is 72.3 Å². The van der Waals surface area contributed by atoms with E-state index in [9.17, 15) is 39.3 Å². The molecule has 0 fully saturated rings. The topological polar surface area (TPSA) is 220 Å². The number of rotatable bonds is 18. The number of phenolic OH excluding ortho intramolecular Hbond substituents is 1. The van der Waals surface area contributed by atoms with Crippen molar-refractivity contribution >= 4 is 41.4 Å². The lowest BCUT2D eigenvalue weighted by molar-refractivity contribution is -0.144. The van der Waals surface area contributed by atoms with Gasteiger partial charge in [0.15, 0.2) is 0 Å². The lowest BCUT2D eigenvalue weighted by Crippen LogP contribution is -2.60. The van der Waals surface area contributed by atoms with Crippen molar-refractivity contribution in [3.63, 3.8) is 0 Å². The van der Waals surface area contributed by atoms with E-state index >= 15 is 0 Å². The van der Waals surface area contributed by atoms with Crippen molar-refractivity contribution in [2.45, 2.75) is 77.2 Å². The fourth-order valence-electron chi connectivity index (χ4n) is 3.93. The normalized spacial score (nSPS) is 15.4.